The molecule has 0 fully saturated rings. The predicted molar refractivity (Wildman–Crippen MR) is 54.5 cm³/mol. The number of carbonyl (C=O) groups is 1. The molecule has 0 aliphatic carbocycles. The molecule has 0 aromatic heterocycles. The zero-order valence-corrected chi connectivity index (χ0v) is 7.66. The van der Waals surface area contributed by atoms with Crippen LogP contribution in [0.25, 0.3) is 0 Å². The van der Waals surface area contributed by atoms with Crippen LogP contribution >= 0.6 is 0 Å². The number of para-hydroxylation sites is 1. The smallest absolute Gasteiger partial charge is 0.228 e. The Morgan fingerprint density at radius 3 is 2.69 bits per heavy atom. The second-order valence-electron chi connectivity index (χ2n) is 2.69. The molecule has 1 N–H and O–H groups in total. The Bertz CT molecular complexity index is 290. The minimum atomic E-state index is 0.0179. The van der Waals surface area contributed by atoms with Crippen molar-refractivity contribution in [3.05, 3.63) is 42.5 Å². The summed E-state index contributed by atoms with van der Waals surface area (Å²) in [5, 5.41) is 2.79. The lowest BCUT2D eigenvalue weighted by Gasteiger charge is -2.01. The summed E-state index contributed by atoms with van der Waals surface area (Å²) in [6, 6.07) is 9.44. The van der Waals surface area contributed by atoms with Gasteiger partial charge in [0.1, 0.15) is 0 Å². The fraction of sp³-hybridized carbons (Fsp3) is 0.182. The normalized spacial score (nSPS) is 10.2. The summed E-state index contributed by atoms with van der Waals surface area (Å²) < 4.78 is 0. The minimum Gasteiger partial charge on any atom is -0.326 e. The molecule has 0 bridgehead atoms. The summed E-state index contributed by atoms with van der Waals surface area (Å²) in [5.41, 5.74) is 0.844. The van der Waals surface area contributed by atoms with E-state index in [9.17, 15) is 4.79 Å². The molecule has 68 valence electrons. The third-order valence-corrected chi connectivity index (χ3v) is 1.60. The van der Waals surface area contributed by atoms with Crippen molar-refractivity contribution < 1.29 is 4.79 Å². The number of rotatable bonds is 3. The van der Waals surface area contributed by atoms with E-state index in [1.807, 2.05) is 49.4 Å². The van der Waals surface area contributed by atoms with Crippen molar-refractivity contribution in [3.8, 4) is 0 Å². The highest BCUT2D eigenvalue weighted by atomic mass is 16.1. The largest absolute Gasteiger partial charge is 0.326 e. The van der Waals surface area contributed by atoms with Crippen LogP contribution in [-0.2, 0) is 4.79 Å². The van der Waals surface area contributed by atoms with Gasteiger partial charge in [-0.15, -0.1) is 0 Å². The highest BCUT2D eigenvalue weighted by Crippen LogP contribution is 2.05. The Kier molecular flexibility index (Phi) is 3.76. The summed E-state index contributed by atoms with van der Waals surface area (Å²) in [4.78, 5) is 11.2. The van der Waals surface area contributed by atoms with Crippen molar-refractivity contribution in [2.75, 3.05) is 5.32 Å². The SMILES string of the molecule is CC=CCC(=O)Nc1ccccc1. The van der Waals surface area contributed by atoms with Crippen LogP contribution in [-0.4, -0.2) is 5.91 Å². The second kappa shape index (κ2) is 5.14. The summed E-state index contributed by atoms with van der Waals surface area (Å²) in [6.45, 7) is 1.90. The van der Waals surface area contributed by atoms with Crippen LogP contribution in [0.15, 0.2) is 42.5 Å². The molecule has 2 nitrogen and oxygen atoms in total. The average molecular weight is 175 g/mol. The van der Waals surface area contributed by atoms with E-state index in [-0.39, 0.29) is 5.91 Å². The first-order valence-electron chi connectivity index (χ1n) is 4.29. The molecule has 0 unspecified atom stereocenters. The number of amides is 1. The lowest BCUT2D eigenvalue weighted by molar-refractivity contribution is -0.115. The minimum absolute atomic E-state index is 0.0179. The number of benzene rings is 1. The van der Waals surface area contributed by atoms with Gasteiger partial charge in [0.25, 0.3) is 0 Å². The lowest BCUT2D eigenvalue weighted by atomic mass is 10.3. The van der Waals surface area contributed by atoms with Gasteiger partial charge in [0.15, 0.2) is 0 Å². The van der Waals surface area contributed by atoms with Gasteiger partial charge in [0.2, 0.25) is 5.91 Å². The maximum absolute atomic E-state index is 11.2. The molecule has 0 atom stereocenters. The number of anilines is 1. The van der Waals surface area contributed by atoms with Crippen LogP contribution < -0.4 is 5.32 Å². The van der Waals surface area contributed by atoms with Crippen molar-refractivity contribution in [2.45, 2.75) is 13.3 Å². The van der Waals surface area contributed by atoms with Crippen molar-refractivity contribution in [2.24, 2.45) is 0 Å². The van der Waals surface area contributed by atoms with Crippen molar-refractivity contribution in [1.29, 1.82) is 0 Å². The molecule has 2 heteroatoms. The van der Waals surface area contributed by atoms with E-state index in [1.54, 1.807) is 0 Å². The Labute approximate surface area is 78.3 Å². The number of hydrogen-bond donors (Lipinski definition) is 1. The first-order chi connectivity index (χ1) is 6.33. The fourth-order valence-corrected chi connectivity index (χ4v) is 0.958. The third kappa shape index (κ3) is 3.56. The second-order valence-corrected chi connectivity index (χ2v) is 2.69. The zero-order chi connectivity index (χ0) is 9.52. The van der Waals surface area contributed by atoms with Crippen molar-refractivity contribution in [1.82, 2.24) is 0 Å². The van der Waals surface area contributed by atoms with Crippen LogP contribution in [0.5, 0.6) is 0 Å². The number of nitrogens with one attached hydrogen (secondary N) is 1. The van der Waals surface area contributed by atoms with Gasteiger partial charge >= 0.3 is 0 Å². The van der Waals surface area contributed by atoms with E-state index >= 15 is 0 Å². The maximum Gasteiger partial charge on any atom is 0.228 e. The molecule has 0 spiro atoms. The first-order valence-corrected chi connectivity index (χ1v) is 4.29. The molecule has 0 heterocycles. The topological polar surface area (TPSA) is 29.1 Å². The Balaban J connectivity index is 2.46. The Morgan fingerprint density at radius 1 is 1.38 bits per heavy atom. The third-order valence-electron chi connectivity index (χ3n) is 1.60. The van der Waals surface area contributed by atoms with Crippen LogP contribution in [0.4, 0.5) is 5.69 Å². The molecule has 1 amide bonds. The lowest BCUT2D eigenvalue weighted by Crippen LogP contribution is -2.09. The van der Waals surface area contributed by atoms with Crippen LogP contribution in [0.1, 0.15) is 13.3 Å². The van der Waals surface area contributed by atoms with Crippen LogP contribution in [0.3, 0.4) is 0 Å². The van der Waals surface area contributed by atoms with Crippen molar-refractivity contribution in [3.63, 3.8) is 0 Å². The first kappa shape index (κ1) is 9.52. The highest BCUT2D eigenvalue weighted by Gasteiger charge is 1.97. The van der Waals surface area contributed by atoms with Gasteiger partial charge in [-0.2, -0.15) is 0 Å². The predicted octanol–water partition coefficient (Wildman–Crippen LogP) is 2.59. The van der Waals surface area contributed by atoms with E-state index in [2.05, 4.69) is 5.32 Å². The van der Waals surface area contributed by atoms with Gasteiger partial charge in [0.05, 0.1) is 0 Å². The molecule has 0 radical (unpaired) electrons. The van der Waals surface area contributed by atoms with E-state index in [4.69, 9.17) is 0 Å². The Morgan fingerprint density at radius 2 is 2.08 bits per heavy atom. The molecular formula is C11H13NO. The monoisotopic (exact) mass is 175 g/mol. The zero-order valence-electron chi connectivity index (χ0n) is 7.66. The molecule has 0 aliphatic rings. The van der Waals surface area contributed by atoms with E-state index in [1.165, 1.54) is 0 Å². The quantitative estimate of drug-likeness (QED) is 0.703. The van der Waals surface area contributed by atoms with Crippen LogP contribution in [0, 0.1) is 0 Å². The van der Waals surface area contributed by atoms with Gasteiger partial charge in [-0.05, 0) is 19.1 Å². The number of carbonyl (C=O) groups excluding carboxylic acids is 1. The molecule has 0 saturated heterocycles. The standard InChI is InChI=1S/C11H13NO/c1-2-3-9-11(13)12-10-7-5-4-6-8-10/h2-8H,9H2,1H3,(H,12,13). The molecule has 0 saturated carbocycles. The summed E-state index contributed by atoms with van der Waals surface area (Å²) in [6.07, 6.45) is 4.13. The van der Waals surface area contributed by atoms with E-state index in [0.717, 1.165) is 5.69 Å². The fourth-order valence-electron chi connectivity index (χ4n) is 0.958. The number of allylic oxidation sites excluding steroid dienone is 1. The molecule has 13 heavy (non-hydrogen) atoms. The van der Waals surface area contributed by atoms with E-state index in [0.29, 0.717) is 6.42 Å². The van der Waals surface area contributed by atoms with E-state index < -0.39 is 0 Å². The summed E-state index contributed by atoms with van der Waals surface area (Å²) in [5.74, 6) is 0.0179. The maximum atomic E-state index is 11.2. The molecular weight excluding hydrogens is 162 g/mol. The van der Waals surface area contributed by atoms with Gasteiger partial charge in [-0.3, -0.25) is 4.79 Å². The highest BCUT2D eigenvalue weighted by molar-refractivity contribution is 5.91. The van der Waals surface area contributed by atoms with Gasteiger partial charge < -0.3 is 5.32 Å². The molecule has 1 aromatic carbocycles. The molecule has 1 aromatic rings. The van der Waals surface area contributed by atoms with Gasteiger partial charge in [-0.1, -0.05) is 30.4 Å². The number of hydrogen-bond acceptors (Lipinski definition) is 1. The van der Waals surface area contributed by atoms with Gasteiger partial charge in [-0.25, -0.2) is 0 Å². The summed E-state index contributed by atoms with van der Waals surface area (Å²) >= 11 is 0. The molecule has 0 aliphatic heterocycles. The Hall–Kier alpha value is -1.57. The van der Waals surface area contributed by atoms with Gasteiger partial charge in [0, 0.05) is 12.1 Å². The average Bonchev–Trinajstić information content (AvgIpc) is 2.16. The molecule has 1 rings (SSSR count). The van der Waals surface area contributed by atoms with Crippen LogP contribution in [0.2, 0.25) is 0 Å². The summed E-state index contributed by atoms with van der Waals surface area (Å²) in [7, 11) is 0. The van der Waals surface area contributed by atoms with Crippen molar-refractivity contribution >= 4 is 11.6 Å².